The Labute approximate surface area is 125 Å². The van der Waals surface area contributed by atoms with Crippen LogP contribution < -0.4 is 4.90 Å². The zero-order valence-corrected chi connectivity index (χ0v) is 12.2. The van der Waals surface area contributed by atoms with Crippen LogP contribution in [0.4, 0.5) is 5.69 Å². The molecule has 2 fully saturated rings. The molecule has 1 atom stereocenters. The number of hydrogen-bond donors (Lipinski definition) is 0. The fraction of sp³-hybridized carbons (Fsp3) is 0.562. The number of para-hydroxylation sites is 1. The minimum atomic E-state index is 0.205. The smallest absolute Gasteiger partial charge is 0.101 e. The molecule has 0 N–H and O–H groups in total. The monoisotopic (exact) mass is 287 g/mol. The van der Waals surface area contributed by atoms with Crippen molar-refractivity contribution in [1.29, 1.82) is 5.26 Å². The highest BCUT2D eigenvalue weighted by Gasteiger charge is 2.23. The number of ether oxygens (including phenoxy) is 2. The van der Waals surface area contributed by atoms with Crippen molar-refractivity contribution in [2.45, 2.75) is 6.10 Å². The van der Waals surface area contributed by atoms with E-state index in [-0.39, 0.29) is 6.10 Å². The van der Waals surface area contributed by atoms with Gasteiger partial charge in [-0.05, 0) is 12.1 Å². The van der Waals surface area contributed by atoms with Gasteiger partial charge in [0.1, 0.15) is 6.07 Å². The van der Waals surface area contributed by atoms with Crippen molar-refractivity contribution >= 4 is 5.69 Å². The molecule has 5 nitrogen and oxygen atoms in total. The lowest BCUT2D eigenvalue weighted by Crippen LogP contribution is -2.50. The largest absolute Gasteiger partial charge is 0.376 e. The van der Waals surface area contributed by atoms with Crippen LogP contribution in [0.2, 0.25) is 0 Å². The van der Waals surface area contributed by atoms with E-state index >= 15 is 0 Å². The molecule has 3 rings (SSSR count). The molecule has 2 aliphatic rings. The Balaban J connectivity index is 1.54. The van der Waals surface area contributed by atoms with Crippen molar-refractivity contribution in [3.8, 4) is 6.07 Å². The third-order valence-corrected chi connectivity index (χ3v) is 4.08. The summed E-state index contributed by atoms with van der Waals surface area (Å²) in [7, 11) is 0. The Hall–Kier alpha value is -1.61. The zero-order chi connectivity index (χ0) is 14.5. The first-order valence-corrected chi connectivity index (χ1v) is 7.52. The molecule has 0 spiro atoms. The number of piperazine rings is 1. The minimum absolute atomic E-state index is 0.205. The Kier molecular flexibility index (Phi) is 4.71. The van der Waals surface area contributed by atoms with Gasteiger partial charge in [-0.15, -0.1) is 0 Å². The quantitative estimate of drug-likeness (QED) is 0.833. The molecule has 0 radical (unpaired) electrons. The molecular weight excluding hydrogens is 266 g/mol. The molecule has 0 aliphatic carbocycles. The first-order chi connectivity index (χ1) is 10.4. The maximum Gasteiger partial charge on any atom is 0.101 e. The maximum absolute atomic E-state index is 9.20. The van der Waals surface area contributed by atoms with E-state index in [0.717, 1.165) is 50.6 Å². The highest BCUT2D eigenvalue weighted by atomic mass is 16.6. The average molecular weight is 287 g/mol. The molecular formula is C16H21N3O2. The number of hydrogen-bond acceptors (Lipinski definition) is 5. The average Bonchev–Trinajstić information content (AvgIpc) is 2.56. The van der Waals surface area contributed by atoms with Gasteiger partial charge in [-0.2, -0.15) is 5.26 Å². The maximum atomic E-state index is 9.20. The van der Waals surface area contributed by atoms with Gasteiger partial charge in [-0.1, -0.05) is 12.1 Å². The van der Waals surface area contributed by atoms with Gasteiger partial charge in [0.05, 0.1) is 37.2 Å². The predicted molar refractivity (Wildman–Crippen MR) is 80.4 cm³/mol. The van der Waals surface area contributed by atoms with Crippen molar-refractivity contribution in [1.82, 2.24) is 4.90 Å². The minimum Gasteiger partial charge on any atom is -0.376 e. The second-order valence-corrected chi connectivity index (χ2v) is 5.48. The summed E-state index contributed by atoms with van der Waals surface area (Å²) in [5, 5.41) is 9.20. The van der Waals surface area contributed by atoms with E-state index < -0.39 is 0 Å². The number of benzene rings is 1. The Morgan fingerprint density at radius 2 is 1.95 bits per heavy atom. The lowest BCUT2D eigenvalue weighted by molar-refractivity contribution is -0.0977. The summed E-state index contributed by atoms with van der Waals surface area (Å²) in [6.07, 6.45) is 0.205. The number of nitrogens with zero attached hydrogens (tertiary/aromatic N) is 3. The molecule has 0 bridgehead atoms. The molecule has 21 heavy (non-hydrogen) atoms. The van der Waals surface area contributed by atoms with Crippen LogP contribution in [0.3, 0.4) is 0 Å². The first-order valence-electron chi connectivity index (χ1n) is 7.52. The second-order valence-electron chi connectivity index (χ2n) is 5.48. The van der Waals surface area contributed by atoms with Crippen molar-refractivity contribution in [3.05, 3.63) is 29.8 Å². The van der Waals surface area contributed by atoms with Crippen molar-refractivity contribution in [2.24, 2.45) is 0 Å². The molecule has 0 amide bonds. The van der Waals surface area contributed by atoms with E-state index in [9.17, 15) is 5.26 Å². The summed E-state index contributed by atoms with van der Waals surface area (Å²) in [4.78, 5) is 4.72. The number of anilines is 1. The Morgan fingerprint density at radius 3 is 2.67 bits per heavy atom. The molecule has 112 valence electrons. The van der Waals surface area contributed by atoms with Crippen LogP contribution in [0.1, 0.15) is 5.56 Å². The van der Waals surface area contributed by atoms with Crippen LogP contribution in [0.25, 0.3) is 0 Å². The topological polar surface area (TPSA) is 48.7 Å². The van der Waals surface area contributed by atoms with Gasteiger partial charge in [0.25, 0.3) is 0 Å². The molecule has 2 saturated heterocycles. The molecule has 1 aromatic carbocycles. The lowest BCUT2D eigenvalue weighted by Gasteiger charge is -2.38. The molecule has 0 saturated carbocycles. The fourth-order valence-electron chi connectivity index (χ4n) is 2.95. The van der Waals surface area contributed by atoms with Crippen LogP contribution >= 0.6 is 0 Å². The van der Waals surface area contributed by atoms with E-state index in [1.54, 1.807) is 0 Å². The van der Waals surface area contributed by atoms with E-state index in [4.69, 9.17) is 9.47 Å². The van der Waals surface area contributed by atoms with E-state index in [1.165, 1.54) is 0 Å². The standard InChI is InChI=1S/C16H21N3O2/c17-11-14-3-1-2-4-16(14)19-7-5-18(6-8-19)12-15-13-20-9-10-21-15/h1-4,15H,5-10,12-13H2/t15-/m1/s1. The van der Waals surface area contributed by atoms with Crippen LogP contribution in [-0.2, 0) is 9.47 Å². The molecule has 2 heterocycles. The van der Waals surface area contributed by atoms with Gasteiger partial charge < -0.3 is 14.4 Å². The van der Waals surface area contributed by atoms with Gasteiger partial charge in [0, 0.05) is 32.7 Å². The van der Waals surface area contributed by atoms with Crippen molar-refractivity contribution in [3.63, 3.8) is 0 Å². The molecule has 0 aromatic heterocycles. The molecule has 1 aromatic rings. The highest BCUT2D eigenvalue weighted by molar-refractivity contribution is 5.59. The summed E-state index contributed by atoms with van der Waals surface area (Å²) >= 11 is 0. The van der Waals surface area contributed by atoms with Crippen LogP contribution in [0.5, 0.6) is 0 Å². The summed E-state index contributed by atoms with van der Waals surface area (Å²) in [6, 6.07) is 10.1. The van der Waals surface area contributed by atoms with Crippen LogP contribution in [-0.4, -0.2) is 63.5 Å². The van der Waals surface area contributed by atoms with Crippen molar-refractivity contribution in [2.75, 3.05) is 57.4 Å². The first kappa shape index (κ1) is 14.3. The molecule has 5 heteroatoms. The Morgan fingerprint density at radius 1 is 1.14 bits per heavy atom. The SMILES string of the molecule is N#Cc1ccccc1N1CCN(C[C@@H]2COCCO2)CC1. The summed E-state index contributed by atoms with van der Waals surface area (Å²) in [6.45, 7) is 6.97. The van der Waals surface area contributed by atoms with E-state index in [1.807, 2.05) is 24.3 Å². The fourth-order valence-corrected chi connectivity index (χ4v) is 2.95. The normalized spacial score (nSPS) is 23.8. The second kappa shape index (κ2) is 6.90. The van der Waals surface area contributed by atoms with Crippen LogP contribution in [0, 0.1) is 11.3 Å². The lowest BCUT2D eigenvalue weighted by atomic mass is 10.1. The van der Waals surface area contributed by atoms with Gasteiger partial charge in [0.2, 0.25) is 0 Å². The highest BCUT2D eigenvalue weighted by Crippen LogP contribution is 2.21. The Bertz CT molecular complexity index is 500. The van der Waals surface area contributed by atoms with Gasteiger partial charge in [-0.3, -0.25) is 4.90 Å². The van der Waals surface area contributed by atoms with Crippen LogP contribution in [0.15, 0.2) is 24.3 Å². The summed E-state index contributed by atoms with van der Waals surface area (Å²) < 4.78 is 11.2. The van der Waals surface area contributed by atoms with E-state index in [0.29, 0.717) is 13.2 Å². The zero-order valence-electron chi connectivity index (χ0n) is 12.2. The number of nitriles is 1. The van der Waals surface area contributed by atoms with Gasteiger partial charge >= 0.3 is 0 Å². The third-order valence-electron chi connectivity index (χ3n) is 4.08. The predicted octanol–water partition coefficient (Wildman–Crippen LogP) is 1.10. The molecule has 2 aliphatic heterocycles. The molecule has 0 unspecified atom stereocenters. The third kappa shape index (κ3) is 3.53. The van der Waals surface area contributed by atoms with Gasteiger partial charge in [-0.25, -0.2) is 0 Å². The van der Waals surface area contributed by atoms with Gasteiger partial charge in [0.15, 0.2) is 0 Å². The summed E-state index contributed by atoms with van der Waals surface area (Å²) in [5.74, 6) is 0. The summed E-state index contributed by atoms with van der Waals surface area (Å²) in [5.41, 5.74) is 1.81. The number of rotatable bonds is 3. The van der Waals surface area contributed by atoms with Crippen molar-refractivity contribution < 1.29 is 9.47 Å². The van der Waals surface area contributed by atoms with E-state index in [2.05, 4.69) is 15.9 Å².